The first-order chi connectivity index (χ1) is 7.07. The topological polar surface area (TPSA) is 40.5 Å². The van der Waals surface area contributed by atoms with Gasteiger partial charge in [-0.2, -0.15) is 0 Å². The maximum absolute atomic E-state index is 9.64. The lowest BCUT2D eigenvalue weighted by Crippen LogP contribution is -2.46. The van der Waals surface area contributed by atoms with E-state index in [0.717, 1.165) is 25.7 Å². The van der Waals surface area contributed by atoms with Crippen LogP contribution in [-0.4, -0.2) is 22.9 Å². The van der Waals surface area contributed by atoms with E-state index in [-0.39, 0.29) is 18.1 Å². The van der Waals surface area contributed by atoms with Gasteiger partial charge in [0.15, 0.2) is 0 Å². The lowest BCUT2D eigenvalue weighted by molar-refractivity contribution is -0.0376. The molecule has 0 saturated heterocycles. The van der Waals surface area contributed by atoms with Crippen molar-refractivity contribution in [1.82, 2.24) is 0 Å². The van der Waals surface area contributed by atoms with Gasteiger partial charge in [-0.1, -0.05) is 12.2 Å². The normalized spacial score (nSPS) is 41.9. The summed E-state index contributed by atoms with van der Waals surface area (Å²) < 4.78 is 0. The molecule has 1 unspecified atom stereocenters. The molecule has 3 rings (SSSR count). The van der Waals surface area contributed by atoms with E-state index >= 15 is 0 Å². The van der Waals surface area contributed by atoms with E-state index in [1.807, 2.05) is 6.92 Å². The molecule has 4 atom stereocenters. The minimum Gasteiger partial charge on any atom is -0.396 e. The second-order valence-corrected chi connectivity index (χ2v) is 5.61. The Bertz CT molecular complexity index is 259. The number of aliphatic hydroxyl groups excluding tert-OH is 2. The smallest absolute Gasteiger partial charge is 0.0515 e. The molecule has 2 heteroatoms. The number of aliphatic hydroxyl groups is 2. The summed E-state index contributed by atoms with van der Waals surface area (Å²) in [5, 5.41) is 19.1. The summed E-state index contributed by atoms with van der Waals surface area (Å²) in [6.45, 7) is 6.24. The number of fused-ring (bicyclic) bond motifs is 3. The molecule has 0 spiro atoms. The first-order valence-corrected chi connectivity index (χ1v) is 6.04. The fraction of sp³-hybridized carbons (Fsp3) is 0.846. The Morgan fingerprint density at radius 3 is 2.87 bits per heavy atom. The minimum atomic E-state index is -0.244. The second kappa shape index (κ2) is 3.91. The molecule has 3 aliphatic carbocycles. The maximum Gasteiger partial charge on any atom is 0.0515 e. The molecular weight excluding hydrogens is 188 g/mol. The van der Waals surface area contributed by atoms with E-state index in [1.54, 1.807) is 0 Å². The molecule has 0 aromatic rings. The van der Waals surface area contributed by atoms with Gasteiger partial charge in [-0.05, 0) is 50.9 Å². The predicted molar refractivity (Wildman–Crippen MR) is 60.4 cm³/mol. The lowest BCUT2D eigenvalue weighted by atomic mass is 9.53. The molecule has 0 aromatic carbocycles. The van der Waals surface area contributed by atoms with Crippen molar-refractivity contribution in [3.8, 4) is 0 Å². The highest BCUT2D eigenvalue weighted by Gasteiger charge is 2.48. The first-order valence-electron chi connectivity index (χ1n) is 6.04. The standard InChI is InChI=1S/C13H22O2/c1-9-7-13(8-14)4-3-11(9)6-12(13)5-10(2)15/h10-12,14-15H,1,3-8H2,2H3/t10?,11-,12+,13-/m0/s1. The summed E-state index contributed by atoms with van der Waals surface area (Å²) in [6.07, 6.45) is 5.01. The SMILES string of the molecule is C=C1C[C@]2(CO)CC[C@H]1C[C@H]2CC(C)O. The Balaban J connectivity index is 2.16. The predicted octanol–water partition coefficient (Wildman–Crippen LogP) is 2.11. The second-order valence-electron chi connectivity index (χ2n) is 5.61. The molecule has 0 amide bonds. The van der Waals surface area contributed by atoms with E-state index in [9.17, 15) is 10.2 Å². The van der Waals surface area contributed by atoms with Crippen molar-refractivity contribution in [3.05, 3.63) is 12.2 Å². The van der Waals surface area contributed by atoms with Crippen LogP contribution < -0.4 is 0 Å². The fourth-order valence-electron chi connectivity index (χ4n) is 3.60. The van der Waals surface area contributed by atoms with Gasteiger partial charge < -0.3 is 10.2 Å². The molecule has 15 heavy (non-hydrogen) atoms. The van der Waals surface area contributed by atoms with Crippen LogP contribution in [0.4, 0.5) is 0 Å². The van der Waals surface area contributed by atoms with Gasteiger partial charge in [0.05, 0.1) is 6.10 Å². The third-order valence-corrected chi connectivity index (χ3v) is 4.52. The zero-order valence-electron chi connectivity index (χ0n) is 9.58. The van der Waals surface area contributed by atoms with Crippen LogP contribution in [0.2, 0.25) is 0 Å². The highest BCUT2D eigenvalue weighted by molar-refractivity contribution is 5.16. The monoisotopic (exact) mass is 210 g/mol. The molecule has 0 heterocycles. The largest absolute Gasteiger partial charge is 0.396 e. The van der Waals surface area contributed by atoms with Crippen molar-refractivity contribution in [1.29, 1.82) is 0 Å². The van der Waals surface area contributed by atoms with Crippen molar-refractivity contribution in [2.24, 2.45) is 17.3 Å². The van der Waals surface area contributed by atoms with Crippen LogP contribution in [0.3, 0.4) is 0 Å². The fourth-order valence-corrected chi connectivity index (χ4v) is 3.60. The van der Waals surface area contributed by atoms with Crippen molar-refractivity contribution in [3.63, 3.8) is 0 Å². The first kappa shape index (κ1) is 11.2. The minimum absolute atomic E-state index is 0.0445. The zero-order chi connectivity index (χ0) is 11.1. The van der Waals surface area contributed by atoms with Crippen LogP contribution >= 0.6 is 0 Å². The van der Waals surface area contributed by atoms with Crippen LogP contribution in [0, 0.1) is 17.3 Å². The van der Waals surface area contributed by atoms with Gasteiger partial charge in [0, 0.05) is 12.0 Å². The van der Waals surface area contributed by atoms with Crippen LogP contribution in [-0.2, 0) is 0 Å². The van der Waals surface area contributed by atoms with Crippen molar-refractivity contribution < 1.29 is 10.2 Å². The molecule has 2 N–H and O–H groups in total. The molecule has 3 aliphatic rings. The summed E-state index contributed by atoms with van der Waals surface area (Å²) >= 11 is 0. The molecule has 3 saturated carbocycles. The Kier molecular flexibility index (Phi) is 2.91. The quantitative estimate of drug-likeness (QED) is 0.700. The Morgan fingerprint density at radius 1 is 1.60 bits per heavy atom. The average molecular weight is 210 g/mol. The third-order valence-electron chi connectivity index (χ3n) is 4.52. The Morgan fingerprint density at radius 2 is 2.33 bits per heavy atom. The van der Waals surface area contributed by atoms with Crippen molar-refractivity contribution in [2.45, 2.75) is 45.1 Å². The van der Waals surface area contributed by atoms with Gasteiger partial charge in [-0.25, -0.2) is 0 Å². The zero-order valence-corrected chi connectivity index (χ0v) is 9.58. The number of allylic oxidation sites excluding steroid dienone is 1. The summed E-state index contributed by atoms with van der Waals surface area (Å²) in [6, 6.07) is 0. The van der Waals surface area contributed by atoms with Crippen LogP contribution in [0.15, 0.2) is 12.2 Å². The van der Waals surface area contributed by atoms with Gasteiger partial charge in [0.2, 0.25) is 0 Å². The molecule has 0 radical (unpaired) electrons. The van der Waals surface area contributed by atoms with Gasteiger partial charge in [0.25, 0.3) is 0 Å². The number of hydrogen-bond acceptors (Lipinski definition) is 2. The summed E-state index contributed by atoms with van der Waals surface area (Å²) in [4.78, 5) is 0. The molecule has 2 nitrogen and oxygen atoms in total. The van der Waals surface area contributed by atoms with Crippen LogP contribution in [0.25, 0.3) is 0 Å². The van der Waals surface area contributed by atoms with Crippen LogP contribution in [0.5, 0.6) is 0 Å². The highest BCUT2D eigenvalue weighted by Crippen LogP contribution is 2.56. The van der Waals surface area contributed by atoms with Gasteiger partial charge in [-0.15, -0.1) is 0 Å². The van der Waals surface area contributed by atoms with E-state index in [2.05, 4.69) is 6.58 Å². The molecular formula is C13H22O2. The number of rotatable bonds is 3. The van der Waals surface area contributed by atoms with Gasteiger partial charge >= 0.3 is 0 Å². The highest BCUT2D eigenvalue weighted by atomic mass is 16.3. The number of hydrogen-bond donors (Lipinski definition) is 2. The van der Waals surface area contributed by atoms with Crippen molar-refractivity contribution >= 4 is 0 Å². The third kappa shape index (κ3) is 1.85. The summed E-state index contributed by atoms with van der Waals surface area (Å²) in [5.74, 6) is 1.15. The van der Waals surface area contributed by atoms with Gasteiger partial charge in [0.1, 0.15) is 0 Å². The van der Waals surface area contributed by atoms with E-state index < -0.39 is 0 Å². The molecule has 2 bridgehead atoms. The van der Waals surface area contributed by atoms with E-state index in [0.29, 0.717) is 11.8 Å². The van der Waals surface area contributed by atoms with E-state index in [1.165, 1.54) is 12.0 Å². The van der Waals surface area contributed by atoms with Crippen molar-refractivity contribution in [2.75, 3.05) is 6.61 Å². The molecule has 3 fully saturated rings. The maximum atomic E-state index is 9.64. The van der Waals surface area contributed by atoms with Crippen LogP contribution in [0.1, 0.15) is 39.0 Å². The lowest BCUT2D eigenvalue weighted by Gasteiger charge is -2.53. The van der Waals surface area contributed by atoms with Gasteiger partial charge in [-0.3, -0.25) is 0 Å². The average Bonchev–Trinajstić information content (AvgIpc) is 2.19. The Hall–Kier alpha value is -0.340. The van der Waals surface area contributed by atoms with E-state index in [4.69, 9.17) is 0 Å². The summed E-state index contributed by atoms with van der Waals surface area (Å²) in [5.41, 5.74) is 1.38. The summed E-state index contributed by atoms with van der Waals surface area (Å²) in [7, 11) is 0. The molecule has 0 aliphatic heterocycles. The molecule has 0 aromatic heterocycles. The molecule has 86 valence electrons. The Labute approximate surface area is 92.0 Å².